The van der Waals surface area contributed by atoms with Crippen molar-refractivity contribution in [2.24, 2.45) is 0 Å². The van der Waals surface area contributed by atoms with Crippen LogP contribution in [0.15, 0.2) is 54.6 Å². The van der Waals surface area contributed by atoms with Gasteiger partial charge in [-0.15, -0.1) is 0 Å². The van der Waals surface area contributed by atoms with Crippen molar-refractivity contribution < 1.29 is 9.90 Å². The van der Waals surface area contributed by atoms with Crippen molar-refractivity contribution in [3.05, 3.63) is 87.4 Å². The minimum atomic E-state index is -0.520. The van der Waals surface area contributed by atoms with Crippen LogP contribution in [0.4, 0.5) is 11.4 Å². The second-order valence-electron chi connectivity index (χ2n) is 6.89. The first-order valence-corrected chi connectivity index (χ1v) is 9.34. The summed E-state index contributed by atoms with van der Waals surface area (Å²) >= 11 is 6.47. The molecule has 3 aromatic carbocycles. The summed E-state index contributed by atoms with van der Waals surface area (Å²) in [6.45, 7) is 3.81. The maximum absolute atomic E-state index is 12.6. The molecule has 0 radical (unpaired) electrons. The number of phenols is 1. The van der Waals surface area contributed by atoms with E-state index in [1.165, 1.54) is 18.2 Å². The molecule has 0 bridgehead atoms. The van der Waals surface area contributed by atoms with Gasteiger partial charge in [0.1, 0.15) is 5.75 Å². The highest BCUT2D eigenvalue weighted by Crippen LogP contribution is 2.34. The van der Waals surface area contributed by atoms with Gasteiger partial charge < -0.3 is 16.2 Å². The van der Waals surface area contributed by atoms with Crippen LogP contribution < -0.4 is 11.1 Å². The minimum absolute atomic E-state index is 0.0515. The molecule has 6 heteroatoms. The van der Waals surface area contributed by atoms with E-state index in [1.807, 2.05) is 38.1 Å². The lowest BCUT2D eigenvalue weighted by molar-refractivity contribution is 0.102. The van der Waals surface area contributed by atoms with Gasteiger partial charge in [0.2, 0.25) is 0 Å². The number of amides is 1. The zero-order valence-corrected chi connectivity index (χ0v) is 16.8. The summed E-state index contributed by atoms with van der Waals surface area (Å²) in [4.78, 5) is 12.6. The van der Waals surface area contributed by atoms with E-state index in [0.29, 0.717) is 16.3 Å². The molecule has 0 aromatic heterocycles. The molecule has 0 aliphatic rings. The average molecular weight is 406 g/mol. The molecule has 0 saturated carbocycles. The molecule has 146 valence electrons. The number of nitrogens with two attached hydrogens (primary N) is 1. The van der Waals surface area contributed by atoms with E-state index in [4.69, 9.17) is 17.3 Å². The maximum Gasteiger partial charge on any atom is 0.257 e. The third kappa shape index (κ3) is 4.34. The van der Waals surface area contributed by atoms with Crippen molar-refractivity contribution in [2.75, 3.05) is 11.1 Å². The van der Waals surface area contributed by atoms with Crippen LogP contribution in [0.3, 0.4) is 0 Å². The Morgan fingerprint density at radius 1 is 1.14 bits per heavy atom. The number of aryl methyl sites for hydroxylation is 2. The van der Waals surface area contributed by atoms with Gasteiger partial charge in [0, 0.05) is 16.4 Å². The van der Waals surface area contributed by atoms with Crippen molar-refractivity contribution in [3.63, 3.8) is 0 Å². The number of anilines is 2. The lowest BCUT2D eigenvalue weighted by Crippen LogP contribution is -2.15. The summed E-state index contributed by atoms with van der Waals surface area (Å²) < 4.78 is 0. The van der Waals surface area contributed by atoms with Gasteiger partial charge in [-0.3, -0.25) is 4.79 Å². The van der Waals surface area contributed by atoms with Crippen LogP contribution in [0.2, 0.25) is 5.02 Å². The molecule has 3 rings (SSSR count). The topological polar surface area (TPSA) is 99.1 Å². The van der Waals surface area contributed by atoms with Crippen LogP contribution in [0, 0.1) is 25.2 Å². The highest BCUT2D eigenvalue weighted by atomic mass is 35.5. The SMILES string of the molecule is Cc1ccc(C(C#N)c2cc(C)c(NC(=O)c3cc(O)ccc3N)cc2Cl)cc1. The minimum Gasteiger partial charge on any atom is -0.508 e. The predicted octanol–water partition coefficient (Wildman–Crippen LogP) is 5.15. The Hall–Kier alpha value is -3.49. The number of nitrogen functional groups attached to an aromatic ring is 1. The van der Waals surface area contributed by atoms with E-state index in [2.05, 4.69) is 11.4 Å². The molecule has 1 atom stereocenters. The number of aromatic hydroxyl groups is 1. The summed E-state index contributed by atoms with van der Waals surface area (Å²) in [5.41, 5.74) is 10.1. The van der Waals surface area contributed by atoms with Crippen molar-refractivity contribution in [1.29, 1.82) is 5.26 Å². The molecular weight excluding hydrogens is 386 g/mol. The first kappa shape index (κ1) is 20.2. The van der Waals surface area contributed by atoms with Gasteiger partial charge >= 0.3 is 0 Å². The highest BCUT2D eigenvalue weighted by molar-refractivity contribution is 6.32. The largest absolute Gasteiger partial charge is 0.508 e. The van der Waals surface area contributed by atoms with Crippen LogP contribution in [0.25, 0.3) is 0 Å². The van der Waals surface area contributed by atoms with Crippen molar-refractivity contribution >= 4 is 28.9 Å². The van der Waals surface area contributed by atoms with Gasteiger partial charge in [-0.1, -0.05) is 47.5 Å². The molecule has 0 spiro atoms. The number of nitrogens with one attached hydrogen (secondary N) is 1. The smallest absolute Gasteiger partial charge is 0.257 e. The van der Waals surface area contributed by atoms with E-state index in [-0.39, 0.29) is 17.0 Å². The summed E-state index contributed by atoms with van der Waals surface area (Å²) in [6.07, 6.45) is 0. The van der Waals surface area contributed by atoms with Gasteiger partial charge in [0.25, 0.3) is 5.91 Å². The fraction of sp³-hybridized carbons (Fsp3) is 0.130. The number of hydrogen-bond acceptors (Lipinski definition) is 4. The summed E-state index contributed by atoms with van der Waals surface area (Å²) in [5, 5.41) is 22.5. The van der Waals surface area contributed by atoms with Crippen LogP contribution in [0.5, 0.6) is 5.75 Å². The molecule has 29 heavy (non-hydrogen) atoms. The number of halogens is 1. The molecule has 0 aliphatic carbocycles. The van der Waals surface area contributed by atoms with Gasteiger partial charge in [0.15, 0.2) is 0 Å². The van der Waals surface area contributed by atoms with Crippen molar-refractivity contribution in [1.82, 2.24) is 0 Å². The zero-order valence-electron chi connectivity index (χ0n) is 16.0. The predicted molar refractivity (Wildman–Crippen MR) is 115 cm³/mol. The average Bonchev–Trinajstić information content (AvgIpc) is 2.69. The van der Waals surface area contributed by atoms with Crippen LogP contribution in [-0.4, -0.2) is 11.0 Å². The van der Waals surface area contributed by atoms with Gasteiger partial charge in [0.05, 0.1) is 17.6 Å². The third-order valence-electron chi connectivity index (χ3n) is 4.72. The Balaban J connectivity index is 1.93. The molecule has 1 amide bonds. The quantitative estimate of drug-likeness (QED) is 0.412. The number of phenolic OH excluding ortho intramolecular Hbond substituents is 1. The van der Waals surface area contributed by atoms with E-state index in [9.17, 15) is 15.2 Å². The third-order valence-corrected chi connectivity index (χ3v) is 5.05. The monoisotopic (exact) mass is 405 g/mol. The fourth-order valence-electron chi connectivity index (χ4n) is 3.07. The van der Waals surface area contributed by atoms with Gasteiger partial charge in [-0.05, 0) is 54.8 Å². The normalized spacial score (nSPS) is 11.5. The first-order chi connectivity index (χ1) is 13.8. The van der Waals surface area contributed by atoms with Crippen LogP contribution in [0.1, 0.15) is 38.5 Å². The molecule has 5 nitrogen and oxygen atoms in total. The molecule has 0 aliphatic heterocycles. The van der Waals surface area contributed by atoms with Crippen LogP contribution in [-0.2, 0) is 0 Å². The van der Waals surface area contributed by atoms with E-state index >= 15 is 0 Å². The molecule has 0 heterocycles. The Kier molecular flexibility index (Phi) is 5.76. The maximum atomic E-state index is 12.6. The highest BCUT2D eigenvalue weighted by Gasteiger charge is 2.19. The van der Waals surface area contributed by atoms with E-state index in [1.54, 1.807) is 12.1 Å². The molecule has 0 fully saturated rings. The molecule has 3 aromatic rings. The number of nitriles is 1. The molecule has 1 unspecified atom stereocenters. The van der Waals surface area contributed by atoms with Crippen LogP contribution >= 0.6 is 11.6 Å². The number of carbonyl (C=O) groups excluding carboxylic acids is 1. The molecule has 0 saturated heterocycles. The second kappa shape index (κ2) is 8.26. The number of nitrogens with zero attached hydrogens (tertiary/aromatic N) is 1. The summed E-state index contributed by atoms with van der Waals surface area (Å²) in [7, 11) is 0. The standard InChI is InChI=1S/C23H20ClN3O2/c1-13-3-5-15(6-4-13)19(12-25)17-9-14(2)22(11-20(17)24)27-23(29)18-10-16(28)7-8-21(18)26/h3-11,19,28H,26H2,1-2H3,(H,27,29). The zero-order chi connectivity index (χ0) is 21.1. The Labute approximate surface area is 174 Å². The number of carbonyl (C=O) groups is 1. The number of hydrogen-bond donors (Lipinski definition) is 3. The lowest BCUT2D eigenvalue weighted by Gasteiger charge is -2.16. The Bertz CT molecular complexity index is 1120. The summed E-state index contributed by atoms with van der Waals surface area (Å²) in [6, 6.07) is 17.6. The van der Waals surface area contributed by atoms with E-state index in [0.717, 1.165) is 16.7 Å². The Morgan fingerprint density at radius 2 is 1.83 bits per heavy atom. The van der Waals surface area contributed by atoms with Gasteiger partial charge in [-0.2, -0.15) is 5.26 Å². The van der Waals surface area contributed by atoms with E-state index < -0.39 is 11.8 Å². The Morgan fingerprint density at radius 3 is 2.48 bits per heavy atom. The fourth-order valence-corrected chi connectivity index (χ4v) is 3.35. The second-order valence-corrected chi connectivity index (χ2v) is 7.29. The lowest BCUT2D eigenvalue weighted by atomic mass is 9.90. The first-order valence-electron chi connectivity index (χ1n) is 8.96. The summed E-state index contributed by atoms with van der Waals surface area (Å²) in [5.74, 6) is -1.03. The number of rotatable bonds is 4. The van der Waals surface area contributed by atoms with Crippen molar-refractivity contribution in [2.45, 2.75) is 19.8 Å². The molecule has 4 N–H and O–H groups in total. The van der Waals surface area contributed by atoms with Crippen molar-refractivity contribution in [3.8, 4) is 11.8 Å². The molecular formula is C23H20ClN3O2. The number of benzene rings is 3. The van der Waals surface area contributed by atoms with Gasteiger partial charge in [-0.25, -0.2) is 0 Å².